The van der Waals surface area contributed by atoms with Crippen molar-refractivity contribution in [2.75, 3.05) is 72.0 Å². The summed E-state index contributed by atoms with van der Waals surface area (Å²) in [7, 11) is 0. The normalized spacial score (nSPS) is 16.5. The number of aliphatic carboxylic acids is 3. The summed E-state index contributed by atoms with van der Waals surface area (Å²) in [5.41, 5.74) is 0.786. The van der Waals surface area contributed by atoms with E-state index in [1.165, 1.54) is 0 Å². The minimum absolute atomic E-state index is 0. The topological polar surface area (TPSA) is 138 Å². The molecule has 0 atom stereocenters. The first-order valence-corrected chi connectivity index (χ1v) is 10.3. The largest absolute Gasteiger partial charge is 2.00 e. The average Bonchev–Trinajstić information content (AvgIpc) is 2.78. The first-order chi connectivity index (χ1) is 14.8. The third-order valence-electron chi connectivity index (χ3n) is 5.12. The van der Waals surface area contributed by atoms with Crippen molar-refractivity contribution in [2.45, 2.75) is 6.54 Å². The standard InChI is InChI=1S/C20H31N5O6.Cu/c26-18(27)14-23-8-5-22(6-9-24(11-10-23)15-19(28)29)7-12-25(16-20(30)31)13-17-3-1-2-4-21-17;/h1-4H,5-16H2,(H,26,27)(H,28,29)(H,30,31);/q;+2/i;1+0. The van der Waals surface area contributed by atoms with Crippen molar-refractivity contribution in [1.29, 1.82) is 0 Å². The summed E-state index contributed by atoms with van der Waals surface area (Å²) < 4.78 is 0. The summed E-state index contributed by atoms with van der Waals surface area (Å²) in [6.45, 7) is 4.51. The zero-order valence-corrected chi connectivity index (χ0v) is 18.8. The van der Waals surface area contributed by atoms with Crippen LogP contribution in [0.15, 0.2) is 24.4 Å². The molecule has 11 nitrogen and oxygen atoms in total. The second kappa shape index (κ2) is 14.9. The van der Waals surface area contributed by atoms with Gasteiger partial charge in [0.25, 0.3) is 0 Å². The van der Waals surface area contributed by atoms with Gasteiger partial charge in [0.15, 0.2) is 0 Å². The van der Waals surface area contributed by atoms with Crippen molar-refractivity contribution in [3.8, 4) is 0 Å². The van der Waals surface area contributed by atoms with Crippen LogP contribution < -0.4 is 0 Å². The van der Waals surface area contributed by atoms with E-state index in [2.05, 4.69) is 9.88 Å². The summed E-state index contributed by atoms with van der Waals surface area (Å²) in [6, 6.07) is 5.51. The molecule has 1 aromatic heterocycles. The van der Waals surface area contributed by atoms with Gasteiger partial charge in [0.05, 0.1) is 25.3 Å². The number of hydrogen-bond acceptors (Lipinski definition) is 8. The minimum Gasteiger partial charge on any atom is -0.480 e. The Kier molecular flexibility index (Phi) is 13.0. The Morgan fingerprint density at radius 3 is 1.81 bits per heavy atom. The number of hydrogen-bond donors (Lipinski definition) is 3. The Hall–Kier alpha value is -2.08. The average molecular weight is 501 g/mol. The van der Waals surface area contributed by atoms with Crippen LogP contribution in [-0.2, 0) is 38.0 Å². The van der Waals surface area contributed by atoms with Crippen LogP contribution in [0.25, 0.3) is 0 Å². The predicted molar refractivity (Wildman–Crippen MR) is 112 cm³/mol. The van der Waals surface area contributed by atoms with Crippen LogP contribution >= 0.6 is 0 Å². The van der Waals surface area contributed by atoms with Crippen LogP contribution in [0.5, 0.6) is 0 Å². The summed E-state index contributed by atoms with van der Waals surface area (Å²) in [4.78, 5) is 45.4. The fourth-order valence-corrected chi connectivity index (χ4v) is 3.52. The quantitative estimate of drug-likeness (QED) is 0.324. The van der Waals surface area contributed by atoms with E-state index in [0.29, 0.717) is 58.9 Å². The number of nitrogens with zero attached hydrogens (tertiary/aromatic N) is 5. The van der Waals surface area contributed by atoms with Crippen molar-refractivity contribution in [2.24, 2.45) is 0 Å². The number of aromatic nitrogens is 1. The van der Waals surface area contributed by atoms with Gasteiger partial charge in [-0.1, -0.05) is 6.07 Å². The Labute approximate surface area is 198 Å². The molecule has 0 amide bonds. The van der Waals surface area contributed by atoms with Crippen LogP contribution in [0.1, 0.15) is 5.69 Å². The van der Waals surface area contributed by atoms with E-state index in [1.807, 2.05) is 12.1 Å². The van der Waals surface area contributed by atoms with Crippen LogP contribution in [0.3, 0.4) is 0 Å². The number of carboxylic acids is 3. The fraction of sp³-hybridized carbons (Fsp3) is 0.600. The molecule has 0 aromatic carbocycles. The van der Waals surface area contributed by atoms with Gasteiger partial charge >= 0.3 is 35.0 Å². The summed E-state index contributed by atoms with van der Waals surface area (Å²) in [5, 5.41) is 27.5. The number of pyridine rings is 1. The minimum atomic E-state index is -0.918. The number of rotatable bonds is 11. The molecule has 2 rings (SSSR count). The molecular formula is C20H31CuN5O6+2. The molecule has 1 aliphatic heterocycles. The number of carboxylic acid groups (broad SMARTS) is 3. The Balaban J connectivity index is 0.00000512. The van der Waals surface area contributed by atoms with E-state index >= 15 is 0 Å². The van der Waals surface area contributed by atoms with Crippen LogP contribution in [0.4, 0.5) is 0 Å². The summed E-state index contributed by atoms with van der Waals surface area (Å²) in [5.74, 6) is -2.75. The van der Waals surface area contributed by atoms with E-state index in [1.54, 1.807) is 27.0 Å². The molecule has 3 N–H and O–H groups in total. The third kappa shape index (κ3) is 11.5. The molecular weight excluding hydrogens is 470 g/mol. The van der Waals surface area contributed by atoms with Crippen molar-refractivity contribution in [3.05, 3.63) is 30.1 Å². The molecule has 1 fully saturated rings. The van der Waals surface area contributed by atoms with Gasteiger partial charge in [0.2, 0.25) is 0 Å². The molecule has 0 bridgehead atoms. The molecule has 32 heavy (non-hydrogen) atoms. The molecule has 0 saturated carbocycles. The van der Waals surface area contributed by atoms with E-state index in [4.69, 9.17) is 10.2 Å². The number of carbonyl (C=O) groups is 3. The first-order valence-electron chi connectivity index (χ1n) is 10.3. The predicted octanol–water partition coefficient (Wildman–Crippen LogP) is -0.945. The van der Waals surface area contributed by atoms with Crippen molar-refractivity contribution >= 4 is 17.9 Å². The fourth-order valence-electron chi connectivity index (χ4n) is 3.52. The van der Waals surface area contributed by atoms with Crippen LogP contribution in [-0.4, -0.2) is 130 Å². The van der Waals surface area contributed by atoms with Gasteiger partial charge in [-0.3, -0.25) is 39.0 Å². The molecule has 1 saturated heterocycles. The maximum Gasteiger partial charge on any atom is 2.00 e. The van der Waals surface area contributed by atoms with Crippen LogP contribution in [0.2, 0.25) is 0 Å². The molecule has 0 spiro atoms. The molecule has 1 aromatic rings. The second-order valence-corrected chi connectivity index (χ2v) is 7.61. The van der Waals surface area contributed by atoms with Crippen LogP contribution in [0, 0.1) is 0 Å². The Morgan fingerprint density at radius 2 is 1.38 bits per heavy atom. The van der Waals surface area contributed by atoms with E-state index < -0.39 is 17.9 Å². The molecule has 2 heterocycles. The van der Waals surface area contributed by atoms with Crippen molar-refractivity contribution in [3.63, 3.8) is 0 Å². The van der Waals surface area contributed by atoms with Gasteiger partial charge in [0, 0.05) is 65.1 Å². The van der Waals surface area contributed by atoms with Gasteiger partial charge < -0.3 is 15.3 Å². The Morgan fingerprint density at radius 1 is 0.844 bits per heavy atom. The van der Waals surface area contributed by atoms with Gasteiger partial charge in [-0.2, -0.15) is 0 Å². The Bertz CT molecular complexity index is 698. The first kappa shape index (κ1) is 28.0. The van der Waals surface area contributed by atoms with Gasteiger partial charge in [-0.15, -0.1) is 0 Å². The monoisotopic (exact) mass is 501 g/mol. The van der Waals surface area contributed by atoms with Crippen molar-refractivity contribution < 1.29 is 46.8 Å². The third-order valence-corrected chi connectivity index (χ3v) is 5.12. The zero-order chi connectivity index (χ0) is 22.6. The van der Waals surface area contributed by atoms with Gasteiger partial charge in [0.1, 0.15) is 0 Å². The maximum atomic E-state index is 11.3. The molecule has 0 unspecified atom stereocenters. The molecule has 1 radical (unpaired) electrons. The van der Waals surface area contributed by atoms with Gasteiger partial charge in [-0.05, 0) is 12.1 Å². The maximum absolute atomic E-state index is 11.3. The SMILES string of the molecule is O=C(O)CN1CCN(CCN(CC(=O)O)Cc2ccccn2)CCN(CC(=O)O)CC1.[64Cu+2]. The van der Waals surface area contributed by atoms with E-state index in [-0.39, 0.29) is 36.7 Å². The molecule has 0 aliphatic carbocycles. The zero-order valence-electron chi connectivity index (χ0n) is 17.9. The summed E-state index contributed by atoms with van der Waals surface area (Å²) >= 11 is 0. The second-order valence-electron chi connectivity index (χ2n) is 7.61. The molecule has 12 heteroatoms. The van der Waals surface area contributed by atoms with E-state index in [9.17, 15) is 19.5 Å². The van der Waals surface area contributed by atoms with Gasteiger partial charge in [-0.25, -0.2) is 0 Å². The summed E-state index contributed by atoms with van der Waals surface area (Å²) in [6.07, 6.45) is 1.67. The molecule has 181 valence electrons. The smallest absolute Gasteiger partial charge is 0.480 e. The van der Waals surface area contributed by atoms with Crippen molar-refractivity contribution in [1.82, 2.24) is 24.6 Å². The van der Waals surface area contributed by atoms with E-state index in [0.717, 1.165) is 5.69 Å². The molecule has 1 aliphatic rings.